The zero-order valence-corrected chi connectivity index (χ0v) is 15.1. The van der Waals surface area contributed by atoms with Crippen LogP contribution in [0.15, 0.2) is 30.5 Å². The van der Waals surface area contributed by atoms with Crippen molar-refractivity contribution in [1.29, 1.82) is 0 Å². The number of benzene rings is 1. The Hall–Kier alpha value is -1.86. The van der Waals surface area contributed by atoms with Crippen LogP contribution in [0.25, 0.3) is 0 Å². The topological polar surface area (TPSA) is 75.2 Å². The Morgan fingerprint density at radius 3 is 2.83 bits per heavy atom. The molecule has 1 N–H and O–H groups in total. The first-order chi connectivity index (χ1) is 11.3. The molecule has 24 heavy (non-hydrogen) atoms. The number of hydrogen-bond acceptors (Lipinski definition) is 6. The number of nitrogens with one attached hydrogen (secondary N) is 1. The van der Waals surface area contributed by atoms with Gasteiger partial charge < -0.3 is 10.2 Å². The van der Waals surface area contributed by atoms with E-state index in [1.54, 1.807) is 12.3 Å². The summed E-state index contributed by atoms with van der Waals surface area (Å²) in [7, 11) is -1.12. The van der Waals surface area contributed by atoms with Crippen molar-refractivity contribution in [3.8, 4) is 0 Å². The van der Waals surface area contributed by atoms with E-state index in [1.807, 2.05) is 37.1 Å². The van der Waals surface area contributed by atoms with Gasteiger partial charge in [0, 0.05) is 30.0 Å². The van der Waals surface area contributed by atoms with Gasteiger partial charge in [-0.2, -0.15) is 4.98 Å². The van der Waals surface area contributed by atoms with E-state index in [-0.39, 0.29) is 17.5 Å². The molecule has 128 valence electrons. The fourth-order valence-corrected chi connectivity index (χ4v) is 4.65. The Labute approximate surface area is 146 Å². The largest absolute Gasteiger partial charge is 0.340 e. The minimum Gasteiger partial charge on any atom is -0.340 e. The highest BCUT2D eigenvalue weighted by molar-refractivity contribution is 7.91. The summed E-state index contributed by atoms with van der Waals surface area (Å²) in [6, 6.07) is 7.29. The van der Waals surface area contributed by atoms with Gasteiger partial charge >= 0.3 is 0 Å². The van der Waals surface area contributed by atoms with Crippen LogP contribution < -0.4 is 10.2 Å². The number of nitrogens with zero attached hydrogens (tertiary/aromatic N) is 3. The average Bonchev–Trinajstić information content (AvgIpc) is 2.90. The lowest BCUT2D eigenvalue weighted by molar-refractivity contribution is 0.600. The molecule has 0 bridgehead atoms. The second-order valence-electron chi connectivity index (χ2n) is 5.99. The van der Waals surface area contributed by atoms with Crippen molar-refractivity contribution in [2.24, 2.45) is 0 Å². The predicted molar refractivity (Wildman–Crippen MR) is 97.0 cm³/mol. The van der Waals surface area contributed by atoms with Crippen LogP contribution in [0.1, 0.15) is 12.0 Å². The van der Waals surface area contributed by atoms with Gasteiger partial charge in [-0.15, -0.1) is 0 Å². The molecule has 2 aromatic rings. The fourth-order valence-electron chi connectivity index (χ4n) is 2.70. The van der Waals surface area contributed by atoms with E-state index in [9.17, 15) is 8.42 Å². The Balaban J connectivity index is 1.80. The molecule has 3 rings (SSSR count). The number of anilines is 3. The Kier molecular flexibility index (Phi) is 4.64. The van der Waals surface area contributed by atoms with E-state index >= 15 is 0 Å². The molecule has 1 atom stereocenters. The highest BCUT2D eigenvalue weighted by Gasteiger charge is 2.31. The van der Waals surface area contributed by atoms with Crippen LogP contribution in [0.2, 0.25) is 5.02 Å². The van der Waals surface area contributed by atoms with Crippen molar-refractivity contribution in [3.05, 3.63) is 41.0 Å². The molecule has 2 heterocycles. The molecule has 0 amide bonds. The molecule has 0 radical (unpaired) electrons. The van der Waals surface area contributed by atoms with E-state index < -0.39 is 9.84 Å². The second-order valence-corrected chi connectivity index (χ2v) is 8.66. The maximum atomic E-state index is 11.7. The smallest absolute Gasteiger partial charge is 0.227 e. The first kappa shape index (κ1) is 17.0. The number of halogens is 1. The van der Waals surface area contributed by atoms with Gasteiger partial charge in [-0.1, -0.05) is 17.7 Å². The monoisotopic (exact) mass is 366 g/mol. The standard InChI is InChI=1S/C16H19ClN4O2S/c1-11-3-4-12(17)9-14(11)19-15-5-7-18-16(20-15)21(2)13-6-8-24(22,23)10-13/h3-5,7,9,13H,6,8,10H2,1-2H3,(H,18,19,20). The van der Waals surface area contributed by atoms with Gasteiger partial charge in [0.15, 0.2) is 9.84 Å². The van der Waals surface area contributed by atoms with Crippen molar-refractivity contribution in [2.45, 2.75) is 19.4 Å². The summed E-state index contributed by atoms with van der Waals surface area (Å²) in [4.78, 5) is 10.6. The first-order valence-corrected chi connectivity index (χ1v) is 9.83. The molecule has 1 fully saturated rings. The molecule has 1 aromatic heterocycles. The second kappa shape index (κ2) is 6.57. The number of rotatable bonds is 4. The summed E-state index contributed by atoms with van der Waals surface area (Å²) in [6.07, 6.45) is 2.26. The molecule has 1 aromatic carbocycles. The SMILES string of the molecule is Cc1ccc(Cl)cc1Nc1ccnc(N(C)C2CCS(=O)(=O)C2)n1. The molecule has 6 nitrogen and oxygen atoms in total. The highest BCUT2D eigenvalue weighted by Crippen LogP contribution is 2.25. The van der Waals surface area contributed by atoms with Crippen LogP contribution in [0.3, 0.4) is 0 Å². The summed E-state index contributed by atoms with van der Waals surface area (Å²) in [5, 5.41) is 3.88. The van der Waals surface area contributed by atoms with Gasteiger partial charge in [-0.3, -0.25) is 0 Å². The third-order valence-corrected chi connectivity index (χ3v) is 6.16. The Morgan fingerprint density at radius 2 is 2.12 bits per heavy atom. The van der Waals surface area contributed by atoms with Gasteiger partial charge in [0.05, 0.1) is 11.5 Å². The van der Waals surface area contributed by atoms with Crippen molar-refractivity contribution < 1.29 is 8.42 Å². The maximum absolute atomic E-state index is 11.7. The number of aryl methyl sites for hydroxylation is 1. The summed E-state index contributed by atoms with van der Waals surface area (Å²) in [5.74, 6) is 1.51. The van der Waals surface area contributed by atoms with Crippen molar-refractivity contribution >= 4 is 38.9 Å². The first-order valence-electron chi connectivity index (χ1n) is 7.63. The number of sulfone groups is 1. The lowest BCUT2D eigenvalue weighted by atomic mass is 10.2. The Bertz CT molecular complexity index is 857. The maximum Gasteiger partial charge on any atom is 0.227 e. The minimum absolute atomic E-state index is 0.0850. The van der Waals surface area contributed by atoms with Gasteiger partial charge in [0.2, 0.25) is 5.95 Å². The summed E-state index contributed by atoms with van der Waals surface area (Å²) >= 11 is 6.04. The molecule has 0 saturated carbocycles. The number of hydrogen-bond donors (Lipinski definition) is 1. The Morgan fingerprint density at radius 1 is 1.33 bits per heavy atom. The molecular weight excluding hydrogens is 348 g/mol. The van der Waals surface area contributed by atoms with Gasteiger partial charge in [0.1, 0.15) is 5.82 Å². The highest BCUT2D eigenvalue weighted by atomic mass is 35.5. The van der Waals surface area contributed by atoms with Gasteiger partial charge in [0.25, 0.3) is 0 Å². The number of aromatic nitrogens is 2. The van der Waals surface area contributed by atoms with Gasteiger partial charge in [-0.05, 0) is 37.1 Å². The van der Waals surface area contributed by atoms with Crippen LogP contribution in [-0.2, 0) is 9.84 Å². The van der Waals surface area contributed by atoms with Crippen LogP contribution in [0, 0.1) is 6.92 Å². The molecule has 0 aliphatic carbocycles. The summed E-state index contributed by atoms with van der Waals surface area (Å²) < 4.78 is 23.3. The van der Waals surface area contributed by atoms with E-state index in [1.165, 1.54) is 0 Å². The quantitative estimate of drug-likeness (QED) is 0.896. The van der Waals surface area contributed by atoms with E-state index in [4.69, 9.17) is 11.6 Å². The summed E-state index contributed by atoms with van der Waals surface area (Å²) in [5.41, 5.74) is 1.92. The normalized spacial score (nSPS) is 19.2. The van der Waals surface area contributed by atoms with Crippen molar-refractivity contribution in [1.82, 2.24) is 9.97 Å². The molecule has 1 aliphatic heterocycles. The minimum atomic E-state index is -2.95. The third kappa shape index (κ3) is 3.79. The zero-order chi connectivity index (χ0) is 17.3. The zero-order valence-electron chi connectivity index (χ0n) is 13.5. The molecule has 1 saturated heterocycles. The van der Waals surface area contributed by atoms with Crippen LogP contribution in [-0.4, -0.2) is 43.0 Å². The van der Waals surface area contributed by atoms with Crippen LogP contribution >= 0.6 is 11.6 Å². The van der Waals surface area contributed by atoms with E-state index in [0.29, 0.717) is 23.2 Å². The average molecular weight is 367 g/mol. The lowest BCUT2D eigenvalue weighted by Crippen LogP contribution is -2.33. The molecular formula is C16H19ClN4O2S. The molecule has 0 spiro atoms. The van der Waals surface area contributed by atoms with E-state index in [2.05, 4.69) is 15.3 Å². The van der Waals surface area contributed by atoms with Crippen LogP contribution in [0.5, 0.6) is 0 Å². The van der Waals surface area contributed by atoms with E-state index in [0.717, 1.165) is 11.3 Å². The van der Waals surface area contributed by atoms with Gasteiger partial charge in [-0.25, -0.2) is 13.4 Å². The summed E-state index contributed by atoms with van der Waals surface area (Å²) in [6.45, 7) is 1.98. The molecule has 1 unspecified atom stereocenters. The third-order valence-electron chi connectivity index (χ3n) is 4.18. The molecule has 1 aliphatic rings. The fraction of sp³-hybridized carbons (Fsp3) is 0.375. The van der Waals surface area contributed by atoms with Crippen molar-refractivity contribution in [2.75, 3.05) is 28.8 Å². The predicted octanol–water partition coefficient (Wildman–Crippen LogP) is 2.81. The van der Waals surface area contributed by atoms with Crippen LogP contribution in [0.4, 0.5) is 17.5 Å². The lowest BCUT2D eigenvalue weighted by Gasteiger charge is -2.23. The molecule has 8 heteroatoms. The van der Waals surface area contributed by atoms with Crippen molar-refractivity contribution in [3.63, 3.8) is 0 Å².